The molecule has 3 nitrogen and oxygen atoms in total. The SMILES string of the molecule is CC(C)NCc1cncn1C1CCCCC1. The Bertz CT molecular complexity index is 311. The molecule has 3 heteroatoms. The average molecular weight is 221 g/mol. The van der Waals surface area contributed by atoms with Gasteiger partial charge in [-0.2, -0.15) is 0 Å². The van der Waals surface area contributed by atoms with Gasteiger partial charge in [0, 0.05) is 24.8 Å². The summed E-state index contributed by atoms with van der Waals surface area (Å²) in [5, 5.41) is 3.47. The molecule has 0 unspecified atom stereocenters. The van der Waals surface area contributed by atoms with Crippen LogP contribution in [0.25, 0.3) is 0 Å². The average Bonchev–Trinajstić information content (AvgIpc) is 2.75. The molecule has 0 aromatic carbocycles. The quantitative estimate of drug-likeness (QED) is 0.847. The third-order valence-corrected chi connectivity index (χ3v) is 3.41. The van der Waals surface area contributed by atoms with Crippen molar-refractivity contribution in [2.75, 3.05) is 0 Å². The third-order valence-electron chi connectivity index (χ3n) is 3.41. The minimum atomic E-state index is 0.537. The summed E-state index contributed by atoms with van der Waals surface area (Å²) < 4.78 is 2.38. The number of nitrogens with one attached hydrogen (secondary N) is 1. The maximum atomic E-state index is 4.30. The lowest BCUT2D eigenvalue weighted by atomic mass is 9.95. The minimum absolute atomic E-state index is 0.537. The molecule has 1 heterocycles. The molecule has 0 bridgehead atoms. The van der Waals surface area contributed by atoms with Crippen molar-refractivity contribution in [1.82, 2.24) is 14.9 Å². The molecule has 1 aromatic rings. The van der Waals surface area contributed by atoms with Crippen LogP contribution in [-0.4, -0.2) is 15.6 Å². The molecule has 0 atom stereocenters. The normalized spacial score (nSPS) is 18.2. The highest BCUT2D eigenvalue weighted by atomic mass is 15.1. The van der Waals surface area contributed by atoms with Gasteiger partial charge in [-0.15, -0.1) is 0 Å². The van der Waals surface area contributed by atoms with Crippen LogP contribution in [0.5, 0.6) is 0 Å². The summed E-state index contributed by atoms with van der Waals surface area (Å²) in [5.74, 6) is 0. The highest BCUT2D eigenvalue weighted by molar-refractivity contribution is 5.00. The molecule has 0 aliphatic heterocycles. The summed E-state index contributed by atoms with van der Waals surface area (Å²) in [6, 6.07) is 1.23. The molecule has 0 saturated heterocycles. The van der Waals surface area contributed by atoms with Crippen molar-refractivity contribution < 1.29 is 0 Å². The van der Waals surface area contributed by atoms with Gasteiger partial charge in [-0.1, -0.05) is 33.1 Å². The largest absolute Gasteiger partial charge is 0.330 e. The summed E-state index contributed by atoms with van der Waals surface area (Å²) in [5.41, 5.74) is 1.33. The topological polar surface area (TPSA) is 29.9 Å². The molecule has 16 heavy (non-hydrogen) atoms. The third kappa shape index (κ3) is 2.85. The van der Waals surface area contributed by atoms with E-state index in [4.69, 9.17) is 0 Å². The van der Waals surface area contributed by atoms with E-state index in [9.17, 15) is 0 Å². The Kier molecular flexibility index (Phi) is 3.99. The predicted molar refractivity (Wildman–Crippen MR) is 66.3 cm³/mol. The Balaban J connectivity index is 2.00. The van der Waals surface area contributed by atoms with Gasteiger partial charge in [-0.3, -0.25) is 0 Å². The fourth-order valence-electron chi connectivity index (χ4n) is 2.47. The zero-order chi connectivity index (χ0) is 11.4. The number of hydrogen-bond acceptors (Lipinski definition) is 2. The smallest absolute Gasteiger partial charge is 0.0951 e. The van der Waals surface area contributed by atoms with Crippen LogP contribution in [0.1, 0.15) is 57.7 Å². The van der Waals surface area contributed by atoms with E-state index in [0.29, 0.717) is 12.1 Å². The Morgan fingerprint density at radius 3 is 2.81 bits per heavy atom. The number of imidazole rings is 1. The Morgan fingerprint density at radius 2 is 2.12 bits per heavy atom. The molecule has 0 amide bonds. The minimum Gasteiger partial charge on any atom is -0.330 e. The molecular formula is C13H23N3. The van der Waals surface area contributed by atoms with Crippen molar-refractivity contribution in [2.45, 2.75) is 64.6 Å². The van der Waals surface area contributed by atoms with Crippen LogP contribution in [0, 0.1) is 0 Å². The van der Waals surface area contributed by atoms with E-state index in [1.54, 1.807) is 0 Å². The van der Waals surface area contributed by atoms with Gasteiger partial charge >= 0.3 is 0 Å². The highest BCUT2D eigenvalue weighted by Gasteiger charge is 2.17. The molecule has 90 valence electrons. The number of aromatic nitrogens is 2. The lowest BCUT2D eigenvalue weighted by molar-refractivity contribution is 0.343. The zero-order valence-electron chi connectivity index (χ0n) is 10.4. The monoisotopic (exact) mass is 221 g/mol. The molecule has 1 saturated carbocycles. The molecule has 1 aliphatic rings. The molecule has 1 N–H and O–H groups in total. The fraction of sp³-hybridized carbons (Fsp3) is 0.769. The van der Waals surface area contributed by atoms with Gasteiger partial charge in [0.2, 0.25) is 0 Å². The van der Waals surface area contributed by atoms with Crippen LogP contribution in [0.15, 0.2) is 12.5 Å². The fourth-order valence-corrected chi connectivity index (χ4v) is 2.47. The van der Waals surface area contributed by atoms with Gasteiger partial charge in [0.1, 0.15) is 0 Å². The van der Waals surface area contributed by atoms with Crippen molar-refractivity contribution in [3.05, 3.63) is 18.2 Å². The van der Waals surface area contributed by atoms with Crippen LogP contribution < -0.4 is 5.32 Å². The molecule has 0 radical (unpaired) electrons. The second kappa shape index (κ2) is 5.48. The van der Waals surface area contributed by atoms with Crippen molar-refractivity contribution in [3.8, 4) is 0 Å². The van der Waals surface area contributed by atoms with Gasteiger partial charge in [0.25, 0.3) is 0 Å². The summed E-state index contributed by atoms with van der Waals surface area (Å²) >= 11 is 0. The standard InChI is InChI=1S/C13H23N3/c1-11(2)15-9-13-8-14-10-16(13)12-6-4-3-5-7-12/h8,10-12,15H,3-7,9H2,1-2H3. The first kappa shape index (κ1) is 11.6. The summed E-state index contributed by atoms with van der Waals surface area (Å²) in [4.78, 5) is 4.30. The molecule has 1 aromatic heterocycles. The van der Waals surface area contributed by atoms with E-state index in [2.05, 4.69) is 28.7 Å². The van der Waals surface area contributed by atoms with E-state index in [1.165, 1.54) is 37.8 Å². The Morgan fingerprint density at radius 1 is 1.38 bits per heavy atom. The van der Waals surface area contributed by atoms with Gasteiger partial charge < -0.3 is 9.88 Å². The molecular weight excluding hydrogens is 198 g/mol. The Hall–Kier alpha value is -0.830. The number of rotatable bonds is 4. The van der Waals surface area contributed by atoms with Crippen LogP contribution in [0.3, 0.4) is 0 Å². The molecule has 0 spiro atoms. The zero-order valence-corrected chi connectivity index (χ0v) is 10.4. The molecule has 2 rings (SSSR count). The second-order valence-electron chi connectivity index (χ2n) is 5.12. The van der Waals surface area contributed by atoms with Crippen LogP contribution in [0.2, 0.25) is 0 Å². The first-order valence-corrected chi connectivity index (χ1v) is 6.51. The van der Waals surface area contributed by atoms with Crippen LogP contribution >= 0.6 is 0 Å². The van der Waals surface area contributed by atoms with Crippen LogP contribution in [-0.2, 0) is 6.54 Å². The predicted octanol–water partition coefficient (Wildman–Crippen LogP) is 2.89. The van der Waals surface area contributed by atoms with E-state index in [1.807, 2.05) is 12.5 Å². The van der Waals surface area contributed by atoms with Crippen molar-refractivity contribution in [3.63, 3.8) is 0 Å². The van der Waals surface area contributed by atoms with Gasteiger partial charge in [-0.25, -0.2) is 4.98 Å². The molecule has 1 fully saturated rings. The van der Waals surface area contributed by atoms with Crippen LogP contribution in [0.4, 0.5) is 0 Å². The highest BCUT2D eigenvalue weighted by Crippen LogP contribution is 2.28. The maximum absolute atomic E-state index is 4.30. The van der Waals surface area contributed by atoms with Crippen molar-refractivity contribution >= 4 is 0 Å². The first-order chi connectivity index (χ1) is 7.77. The maximum Gasteiger partial charge on any atom is 0.0951 e. The van der Waals surface area contributed by atoms with Gasteiger partial charge in [0.05, 0.1) is 12.0 Å². The lowest BCUT2D eigenvalue weighted by Crippen LogP contribution is -2.24. The van der Waals surface area contributed by atoms with E-state index in [0.717, 1.165) is 6.54 Å². The van der Waals surface area contributed by atoms with Crippen molar-refractivity contribution in [2.24, 2.45) is 0 Å². The van der Waals surface area contributed by atoms with Gasteiger partial charge in [-0.05, 0) is 12.8 Å². The number of hydrogen-bond donors (Lipinski definition) is 1. The van der Waals surface area contributed by atoms with Gasteiger partial charge in [0.15, 0.2) is 0 Å². The summed E-state index contributed by atoms with van der Waals surface area (Å²) in [7, 11) is 0. The van der Waals surface area contributed by atoms with E-state index < -0.39 is 0 Å². The Labute approximate surface area is 98.3 Å². The summed E-state index contributed by atoms with van der Waals surface area (Å²) in [6.45, 7) is 5.30. The van der Waals surface area contributed by atoms with E-state index in [-0.39, 0.29) is 0 Å². The number of nitrogens with zero attached hydrogens (tertiary/aromatic N) is 2. The summed E-state index contributed by atoms with van der Waals surface area (Å²) in [6.07, 6.45) is 10.8. The molecule has 1 aliphatic carbocycles. The van der Waals surface area contributed by atoms with Crippen molar-refractivity contribution in [1.29, 1.82) is 0 Å². The second-order valence-corrected chi connectivity index (χ2v) is 5.12. The lowest BCUT2D eigenvalue weighted by Gasteiger charge is -2.25. The van der Waals surface area contributed by atoms with E-state index >= 15 is 0 Å². The first-order valence-electron chi connectivity index (χ1n) is 6.51.